The molecular weight excluding hydrogens is 178 g/mol. The lowest BCUT2D eigenvalue weighted by Crippen LogP contribution is -2.07. The molecule has 4 nitrogen and oxygen atoms in total. The second kappa shape index (κ2) is 3.06. The summed E-state index contributed by atoms with van der Waals surface area (Å²) in [4.78, 5) is 8.64. The Bertz CT molecular complexity index is 445. The first-order valence-corrected chi connectivity index (χ1v) is 4.80. The van der Waals surface area contributed by atoms with Crippen LogP contribution in [0.5, 0.6) is 0 Å². The molecule has 72 valence electrons. The molecule has 0 N–H and O–H groups in total. The summed E-state index contributed by atoms with van der Waals surface area (Å²) in [6.45, 7) is 1.62. The highest BCUT2D eigenvalue weighted by Gasteiger charge is 2.19. The predicted molar refractivity (Wildman–Crippen MR) is 52.0 cm³/mol. The molecule has 0 spiro atoms. The Morgan fingerprint density at radius 1 is 1.43 bits per heavy atom. The van der Waals surface area contributed by atoms with Crippen LogP contribution in [0, 0.1) is 0 Å². The number of aromatic nitrogens is 3. The molecule has 0 amide bonds. The van der Waals surface area contributed by atoms with Crippen LogP contribution < -0.4 is 0 Å². The minimum Gasteiger partial charge on any atom is -0.379 e. The van der Waals surface area contributed by atoms with Gasteiger partial charge in [-0.15, -0.1) is 0 Å². The van der Waals surface area contributed by atoms with Gasteiger partial charge in [-0.3, -0.25) is 0 Å². The van der Waals surface area contributed by atoms with Crippen LogP contribution in [0.2, 0.25) is 0 Å². The Labute approximate surface area is 81.5 Å². The van der Waals surface area contributed by atoms with E-state index in [1.165, 1.54) is 0 Å². The Kier molecular flexibility index (Phi) is 1.73. The van der Waals surface area contributed by atoms with Crippen molar-refractivity contribution in [3.8, 4) is 0 Å². The van der Waals surface area contributed by atoms with Gasteiger partial charge in [0.15, 0.2) is 5.65 Å². The Morgan fingerprint density at radius 3 is 3.29 bits per heavy atom. The molecule has 2 aromatic rings. The first kappa shape index (κ1) is 7.94. The van der Waals surface area contributed by atoms with Crippen LogP contribution in [0.1, 0.15) is 12.5 Å². The molecule has 3 rings (SSSR count). The van der Waals surface area contributed by atoms with Crippen molar-refractivity contribution in [1.29, 1.82) is 0 Å². The highest BCUT2D eigenvalue weighted by atomic mass is 16.5. The molecule has 0 aromatic carbocycles. The molecule has 1 saturated heterocycles. The van der Waals surface area contributed by atoms with Crippen LogP contribution in [0.3, 0.4) is 0 Å². The van der Waals surface area contributed by atoms with Crippen molar-refractivity contribution >= 4 is 11.2 Å². The Balaban J connectivity index is 2.11. The van der Waals surface area contributed by atoms with Crippen molar-refractivity contribution in [2.24, 2.45) is 0 Å². The molecule has 2 aromatic heterocycles. The minimum absolute atomic E-state index is 0.412. The second-order valence-electron chi connectivity index (χ2n) is 3.52. The summed E-state index contributed by atoms with van der Waals surface area (Å²) < 4.78 is 7.47. The van der Waals surface area contributed by atoms with Gasteiger partial charge in [-0.05, 0) is 18.6 Å². The fourth-order valence-corrected chi connectivity index (χ4v) is 1.88. The third-order valence-electron chi connectivity index (χ3n) is 2.63. The van der Waals surface area contributed by atoms with Gasteiger partial charge in [0.25, 0.3) is 0 Å². The quantitative estimate of drug-likeness (QED) is 0.680. The summed E-state index contributed by atoms with van der Waals surface area (Å²) in [7, 11) is 0. The first-order chi connectivity index (χ1) is 6.95. The molecule has 0 saturated carbocycles. The van der Waals surface area contributed by atoms with Gasteiger partial charge in [0.05, 0.1) is 19.0 Å². The van der Waals surface area contributed by atoms with Crippen LogP contribution in [0.15, 0.2) is 24.7 Å². The lowest BCUT2D eigenvalue weighted by molar-refractivity contribution is 0.187. The van der Waals surface area contributed by atoms with Crippen molar-refractivity contribution in [2.45, 2.75) is 12.5 Å². The lowest BCUT2D eigenvalue weighted by Gasteiger charge is -2.09. The largest absolute Gasteiger partial charge is 0.379 e. The number of nitrogens with zero attached hydrogens (tertiary/aromatic N) is 3. The standard InChI is InChI=1S/C10H11N3O/c1-2-9-10(11-4-1)13(7-12-9)8-3-5-14-6-8/h1-2,4,7-8H,3,5-6H2. The van der Waals surface area contributed by atoms with E-state index in [0.717, 1.165) is 30.8 Å². The fourth-order valence-electron chi connectivity index (χ4n) is 1.88. The molecular formula is C10H11N3O. The SMILES string of the molecule is c1cnc2c(c1)ncn2C1CCOC1. The summed E-state index contributed by atoms with van der Waals surface area (Å²) in [5.74, 6) is 0. The Morgan fingerprint density at radius 2 is 2.43 bits per heavy atom. The van der Waals surface area contributed by atoms with E-state index in [-0.39, 0.29) is 0 Å². The van der Waals surface area contributed by atoms with E-state index >= 15 is 0 Å². The van der Waals surface area contributed by atoms with Gasteiger partial charge in [-0.2, -0.15) is 0 Å². The maximum absolute atomic E-state index is 5.35. The number of hydrogen-bond donors (Lipinski definition) is 0. The van der Waals surface area contributed by atoms with E-state index in [0.29, 0.717) is 6.04 Å². The zero-order valence-corrected chi connectivity index (χ0v) is 7.76. The molecule has 1 fully saturated rings. The molecule has 3 heterocycles. The van der Waals surface area contributed by atoms with Crippen LogP contribution >= 0.6 is 0 Å². The zero-order chi connectivity index (χ0) is 9.38. The van der Waals surface area contributed by atoms with E-state index < -0.39 is 0 Å². The average Bonchev–Trinajstić information content (AvgIpc) is 2.85. The summed E-state index contributed by atoms with van der Waals surface area (Å²) >= 11 is 0. The van der Waals surface area contributed by atoms with Crippen molar-refractivity contribution in [1.82, 2.24) is 14.5 Å². The molecule has 1 unspecified atom stereocenters. The molecule has 14 heavy (non-hydrogen) atoms. The normalized spacial score (nSPS) is 21.9. The first-order valence-electron chi connectivity index (χ1n) is 4.80. The molecule has 1 aliphatic rings. The summed E-state index contributed by atoms with van der Waals surface area (Å²) in [5, 5.41) is 0. The van der Waals surface area contributed by atoms with Crippen LogP contribution in [0.4, 0.5) is 0 Å². The monoisotopic (exact) mass is 189 g/mol. The molecule has 0 radical (unpaired) electrons. The number of ether oxygens (including phenoxy) is 1. The number of fused-ring (bicyclic) bond motifs is 1. The third kappa shape index (κ3) is 1.11. The molecule has 1 aliphatic heterocycles. The zero-order valence-electron chi connectivity index (χ0n) is 7.76. The van der Waals surface area contributed by atoms with Crippen molar-refractivity contribution < 1.29 is 4.74 Å². The van der Waals surface area contributed by atoms with Crippen LogP contribution in [-0.2, 0) is 4.74 Å². The van der Waals surface area contributed by atoms with Gasteiger partial charge >= 0.3 is 0 Å². The molecule has 0 aliphatic carbocycles. The maximum atomic E-state index is 5.35. The molecule has 1 atom stereocenters. The number of imidazole rings is 1. The van der Waals surface area contributed by atoms with Gasteiger partial charge in [-0.1, -0.05) is 0 Å². The predicted octanol–water partition coefficient (Wildman–Crippen LogP) is 1.39. The van der Waals surface area contributed by atoms with Crippen molar-refractivity contribution in [3.63, 3.8) is 0 Å². The van der Waals surface area contributed by atoms with Crippen molar-refractivity contribution in [2.75, 3.05) is 13.2 Å². The van der Waals surface area contributed by atoms with Crippen molar-refractivity contribution in [3.05, 3.63) is 24.7 Å². The van der Waals surface area contributed by atoms with Gasteiger partial charge < -0.3 is 9.30 Å². The topological polar surface area (TPSA) is 39.9 Å². The second-order valence-corrected chi connectivity index (χ2v) is 3.52. The molecule has 4 heteroatoms. The highest BCUT2D eigenvalue weighted by molar-refractivity contribution is 5.70. The van der Waals surface area contributed by atoms with Gasteiger partial charge in [-0.25, -0.2) is 9.97 Å². The average molecular weight is 189 g/mol. The van der Waals surface area contributed by atoms with Gasteiger partial charge in [0.2, 0.25) is 0 Å². The van der Waals surface area contributed by atoms with Gasteiger partial charge in [0.1, 0.15) is 5.52 Å². The van der Waals surface area contributed by atoms with E-state index in [4.69, 9.17) is 4.74 Å². The fraction of sp³-hybridized carbons (Fsp3) is 0.400. The summed E-state index contributed by atoms with van der Waals surface area (Å²) in [6.07, 6.45) is 4.72. The molecule has 0 bridgehead atoms. The van der Waals surface area contributed by atoms with E-state index in [9.17, 15) is 0 Å². The van der Waals surface area contributed by atoms with Crippen LogP contribution in [-0.4, -0.2) is 27.7 Å². The highest BCUT2D eigenvalue weighted by Crippen LogP contribution is 2.22. The minimum atomic E-state index is 0.412. The smallest absolute Gasteiger partial charge is 0.160 e. The summed E-state index contributed by atoms with van der Waals surface area (Å²) in [5.41, 5.74) is 1.92. The van der Waals surface area contributed by atoms with Crippen LogP contribution in [0.25, 0.3) is 11.2 Å². The number of rotatable bonds is 1. The Hall–Kier alpha value is -1.42. The van der Waals surface area contributed by atoms with E-state index in [2.05, 4.69) is 14.5 Å². The number of hydrogen-bond acceptors (Lipinski definition) is 3. The van der Waals surface area contributed by atoms with E-state index in [1.54, 1.807) is 6.20 Å². The lowest BCUT2D eigenvalue weighted by atomic mass is 10.2. The third-order valence-corrected chi connectivity index (χ3v) is 2.63. The summed E-state index contributed by atoms with van der Waals surface area (Å²) in [6, 6.07) is 4.30. The number of pyridine rings is 1. The van der Waals surface area contributed by atoms with Gasteiger partial charge in [0, 0.05) is 12.8 Å². The van der Waals surface area contributed by atoms with E-state index in [1.807, 2.05) is 18.5 Å². The maximum Gasteiger partial charge on any atom is 0.160 e.